The summed E-state index contributed by atoms with van der Waals surface area (Å²) in [6.45, 7) is 8.58. The number of hydrogen-bond acceptors (Lipinski definition) is 3. The Labute approximate surface area is 124 Å². The second-order valence-electron chi connectivity index (χ2n) is 7.34. The summed E-state index contributed by atoms with van der Waals surface area (Å²) < 4.78 is 0. The van der Waals surface area contributed by atoms with Crippen molar-refractivity contribution in [3.63, 3.8) is 0 Å². The smallest absolute Gasteiger partial charge is 0.221 e. The number of hydrogen-bond donors (Lipinski definition) is 2. The molecule has 0 heterocycles. The highest BCUT2D eigenvalue weighted by Crippen LogP contribution is 2.41. The summed E-state index contributed by atoms with van der Waals surface area (Å²) in [5.74, 6) is 1.44. The molecule has 118 valence electrons. The summed E-state index contributed by atoms with van der Waals surface area (Å²) in [7, 11) is 3.84. The molecule has 1 amide bonds. The van der Waals surface area contributed by atoms with Gasteiger partial charge in [-0.2, -0.15) is 0 Å². The minimum atomic E-state index is 0.115. The van der Waals surface area contributed by atoms with Crippen LogP contribution in [0.2, 0.25) is 0 Å². The monoisotopic (exact) mass is 283 g/mol. The van der Waals surface area contributed by atoms with Crippen LogP contribution in [0, 0.1) is 17.3 Å². The minimum absolute atomic E-state index is 0.115. The van der Waals surface area contributed by atoms with E-state index in [0.29, 0.717) is 23.8 Å². The maximum Gasteiger partial charge on any atom is 0.221 e. The maximum atomic E-state index is 11.4. The van der Waals surface area contributed by atoms with E-state index in [1.54, 1.807) is 7.05 Å². The molecule has 4 nitrogen and oxygen atoms in total. The molecule has 3 unspecified atom stereocenters. The molecule has 4 heteroatoms. The first kappa shape index (κ1) is 17.4. The van der Waals surface area contributed by atoms with Crippen LogP contribution in [0.4, 0.5) is 0 Å². The van der Waals surface area contributed by atoms with E-state index in [1.165, 1.54) is 19.3 Å². The van der Waals surface area contributed by atoms with Gasteiger partial charge in [-0.15, -0.1) is 0 Å². The Bertz CT molecular complexity index is 311. The quantitative estimate of drug-likeness (QED) is 0.809. The van der Waals surface area contributed by atoms with Crippen molar-refractivity contribution in [2.75, 3.05) is 27.2 Å². The molecule has 1 aliphatic carbocycles. The average Bonchev–Trinajstić information content (AvgIpc) is 2.42. The van der Waals surface area contributed by atoms with E-state index in [9.17, 15) is 4.79 Å². The lowest BCUT2D eigenvalue weighted by atomic mass is 9.67. The van der Waals surface area contributed by atoms with Crippen LogP contribution in [-0.4, -0.2) is 44.0 Å². The third-order valence-electron chi connectivity index (χ3n) is 5.02. The highest BCUT2D eigenvalue weighted by atomic mass is 16.1. The Morgan fingerprint density at radius 3 is 2.50 bits per heavy atom. The van der Waals surface area contributed by atoms with Gasteiger partial charge in [-0.25, -0.2) is 0 Å². The van der Waals surface area contributed by atoms with Gasteiger partial charge in [0.25, 0.3) is 0 Å². The molecule has 0 bridgehead atoms. The van der Waals surface area contributed by atoms with Crippen molar-refractivity contribution in [2.45, 2.75) is 52.5 Å². The Hall–Kier alpha value is -0.610. The average molecular weight is 283 g/mol. The molecule has 0 aromatic rings. The Morgan fingerprint density at radius 2 is 2.00 bits per heavy atom. The number of nitrogens with one attached hydrogen (secondary N) is 1. The fourth-order valence-corrected chi connectivity index (χ4v) is 3.38. The Kier molecular flexibility index (Phi) is 6.46. The molecule has 0 aromatic carbocycles. The third kappa shape index (κ3) is 4.74. The summed E-state index contributed by atoms with van der Waals surface area (Å²) in [6, 6.07) is 0.516. The van der Waals surface area contributed by atoms with Crippen LogP contribution in [0.1, 0.15) is 46.5 Å². The van der Waals surface area contributed by atoms with Gasteiger partial charge in [0.05, 0.1) is 0 Å². The van der Waals surface area contributed by atoms with Gasteiger partial charge in [0.2, 0.25) is 5.91 Å². The molecule has 0 saturated heterocycles. The molecule has 1 aliphatic rings. The van der Waals surface area contributed by atoms with E-state index in [1.807, 2.05) is 0 Å². The van der Waals surface area contributed by atoms with E-state index in [4.69, 9.17) is 5.73 Å². The summed E-state index contributed by atoms with van der Waals surface area (Å²) >= 11 is 0. The number of amides is 1. The second kappa shape index (κ2) is 7.41. The molecule has 3 atom stereocenters. The predicted molar refractivity (Wildman–Crippen MR) is 84.4 cm³/mol. The van der Waals surface area contributed by atoms with E-state index in [-0.39, 0.29) is 5.91 Å². The zero-order valence-corrected chi connectivity index (χ0v) is 13.9. The molecule has 0 aromatic heterocycles. The number of nitrogens with two attached hydrogens (primary N) is 1. The number of carbonyl (C=O) groups excluding carboxylic acids is 1. The lowest BCUT2D eigenvalue weighted by Gasteiger charge is -2.45. The first-order valence-electron chi connectivity index (χ1n) is 7.90. The van der Waals surface area contributed by atoms with Gasteiger partial charge in [0.15, 0.2) is 0 Å². The lowest BCUT2D eigenvalue weighted by Crippen LogP contribution is -2.47. The fourth-order valence-electron chi connectivity index (χ4n) is 3.38. The molecular weight excluding hydrogens is 250 g/mol. The van der Waals surface area contributed by atoms with Crippen LogP contribution in [-0.2, 0) is 4.79 Å². The summed E-state index contributed by atoms with van der Waals surface area (Å²) in [5.41, 5.74) is 6.32. The third-order valence-corrected chi connectivity index (χ3v) is 5.02. The van der Waals surface area contributed by atoms with Crippen molar-refractivity contribution in [3.8, 4) is 0 Å². The van der Waals surface area contributed by atoms with Gasteiger partial charge in [-0.1, -0.05) is 20.8 Å². The fraction of sp³-hybridized carbons (Fsp3) is 0.938. The zero-order valence-electron chi connectivity index (χ0n) is 13.9. The van der Waals surface area contributed by atoms with Gasteiger partial charge in [-0.05, 0) is 50.1 Å². The molecule has 20 heavy (non-hydrogen) atoms. The van der Waals surface area contributed by atoms with Crippen molar-refractivity contribution >= 4 is 5.91 Å². The molecule has 3 N–H and O–H groups in total. The lowest BCUT2D eigenvalue weighted by molar-refractivity contribution is -0.121. The van der Waals surface area contributed by atoms with Crippen molar-refractivity contribution in [2.24, 2.45) is 23.0 Å². The summed E-state index contributed by atoms with van der Waals surface area (Å²) in [4.78, 5) is 13.8. The van der Waals surface area contributed by atoms with Crippen LogP contribution in [0.25, 0.3) is 0 Å². The highest BCUT2D eigenvalue weighted by Gasteiger charge is 2.36. The largest absolute Gasteiger partial charge is 0.359 e. The first-order chi connectivity index (χ1) is 9.29. The zero-order chi connectivity index (χ0) is 15.3. The standard InChI is InChI=1S/C16H33N3O/c1-16(2,3)13-7-6-12(11-17)14(10-13)19(5)9-8-15(20)18-4/h12-14H,6-11,17H2,1-5H3,(H,18,20). The van der Waals surface area contributed by atoms with Crippen LogP contribution < -0.4 is 11.1 Å². The van der Waals surface area contributed by atoms with Gasteiger partial charge >= 0.3 is 0 Å². The minimum Gasteiger partial charge on any atom is -0.359 e. The van der Waals surface area contributed by atoms with E-state index in [2.05, 4.69) is 38.0 Å². The number of carbonyl (C=O) groups is 1. The Balaban J connectivity index is 2.63. The van der Waals surface area contributed by atoms with Crippen LogP contribution >= 0.6 is 0 Å². The van der Waals surface area contributed by atoms with E-state index < -0.39 is 0 Å². The highest BCUT2D eigenvalue weighted by molar-refractivity contribution is 5.75. The van der Waals surface area contributed by atoms with Crippen LogP contribution in [0.5, 0.6) is 0 Å². The molecular formula is C16H33N3O. The van der Waals surface area contributed by atoms with Crippen molar-refractivity contribution in [1.82, 2.24) is 10.2 Å². The number of nitrogens with zero attached hydrogens (tertiary/aromatic N) is 1. The summed E-state index contributed by atoms with van der Waals surface area (Å²) in [6.07, 6.45) is 4.27. The normalized spacial score (nSPS) is 27.6. The Morgan fingerprint density at radius 1 is 1.35 bits per heavy atom. The van der Waals surface area contributed by atoms with Crippen LogP contribution in [0.3, 0.4) is 0 Å². The van der Waals surface area contributed by atoms with Gasteiger partial charge in [-0.3, -0.25) is 4.79 Å². The van der Waals surface area contributed by atoms with Crippen LogP contribution in [0.15, 0.2) is 0 Å². The van der Waals surface area contributed by atoms with Gasteiger partial charge < -0.3 is 16.0 Å². The molecule has 0 radical (unpaired) electrons. The summed E-state index contributed by atoms with van der Waals surface area (Å²) in [5, 5.41) is 2.69. The van der Waals surface area contributed by atoms with Gasteiger partial charge in [0, 0.05) is 26.1 Å². The van der Waals surface area contributed by atoms with Crippen molar-refractivity contribution in [1.29, 1.82) is 0 Å². The number of rotatable bonds is 5. The van der Waals surface area contributed by atoms with Crippen molar-refractivity contribution in [3.05, 3.63) is 0 Å². The van der Waals surface area contributed by atoms with E-state index in [0.717, 1.165) is 19.0 Å². The maximum absolute atomic E-state index is 11.4. The predicted octanol–water partition coefficient (Wildman–Crippen LogP) is 1.84. The van der Waals surface area contributed by atoms with E-state index >= 15 is 0 Å². The SMILES string of the molecule is CNC(=O)CCN(C)C1CC(C(C)(C)C)CCC1CN. The molecule has 1 rings (SSSR count). The molecule has 0 spiro atoms. The van der Waals surface area contributed by atoms with Gasteiger partial charge in [0.1, 0.15) is 0 Å². The topological polar surface area (TPSA) is 58.4 Å². The molecule has 1 saturated carbocycles. The molecule has 0 aliphatic heterocycles. The van der Waals surface area contributed by atoms with Crippen molar-refractivity contribution < 1.29 is 4.79 Å². The first-order valence-corrected chi connectivity index (χ1v) is 7.90. The second-order valence-corrected chi connectivity index (χ2v) is 7.34. The molecule has 1 fully saturated rings.